The van der Waals surface area contributed by atoms with Crippen molar-refractivity contribution >= 4 is 29.3 Å². The molecule has 0 aromatic carbocycles. The Bertz CT molecular complexity index is 1020. The van der Waals surface area contributed by atoms with Crippen LogP contribution < -0.4 is 10.6 Å². The van der Waals surface area contributed by atoms with E-state index < -0.39 is 0 Å². The SMILES string of the molecule is Cc1[nH]c(C=C2C(=O)Nc3ncccc32)c(C)c1C(=O)NCCCN1CCN(C)CC1. The maximum atomic E-state index is 12.8. The molecule has 2 aromatic rings. The van der Waals surface area contributed by atoms with Crippen LogP contribution in [0.2, 0.25) is 0 Å². The Kier molecular flexibility index (Phi) is 6.20. The molecule has 0 atom stereocenters. The van der Waals surface area contributed by atoms with Gasteiger partial charge in [-0.2, -0.15) is 0 Å². The van der Waals surface area contributed by atoms with Gasteiger partial charge in [0, 0.05) is 55.9 Å². The number of fused-ring (bicyclic) bond motifs is 1. The summed E-state index contributed by atoms with van der Waals surface area (Å²) in [5.74, 6) is 0.306. The van der Waals surface area contributed by atoms with Gasteiger partial charge in [-0.25, -0.2) is 4.98 Å². The van der Waals surface area contributed by atoms with Gasteiger partial charge in [0.1, 0.15) is 5.82 Å². The van der Waals surface area contributed by atoms with Crippen LogP contribution >= 0.6 is 0 Å². The minimum absolute atomic E-state index is 0.0767. The zero-order valence-corrected chi connectivity index (χ0v) is 18.4. The maximum Gasteiger partial charge on any atom is 0.257 e. The fourth-order valence-electron chi connectivity index (χ4n) is 4.23. The second kappa shape index (κ2) is 9.03. The molecule has 0 unspecified atom stereocenters. The number of anilines is 1. The van der Waals surface area contributed by atoms with Gasteiger partial charge in [0.2, 0.25) is 0 Å². The Morgan fingerprint density at radius 3 is 2.81 bits per heavy atom. The lowest BCUT2D eigenvalue weighted by molar-refractivity contribution is -0.110. The smallest absolute Gasteiger partial charge is 0.257 e. The number of carbonyl (C=O) groups excluding carboxylic acids is 2. The molecule has 1 fully saturated rings. The number of amides is 2. The van der Waals surface area contributed by atoms with Crippen molar-refractivity contribution in [2.24, 2.45) is 0 Å². The van der Waals surface area contributed by atoms with Crippen molar-refractivity contribution in [3.8, 4) is 0 Å². The van der Waals surface area contributed by atoms with Gasteiger partial charge < -0.3 is 25.4 Å². The van der Waals surface area contributed by atoms with Crippen molar-refractivity contribution in [1.82, 2.24) is 25.1 Å². The number of aromatic amines is 1. The second-order valence-electron chi connectivity index (χ2n) is 8.33. The number of hydrogen-bond acceptors (Lipinski definition) is 5. The van der Waals surface area contributed by atoms with E-state index >= 15 is 0 Å². The minimum Gasteiger partial charge on any atom is -0.358 e. The molecule has 8 nitrogen and oxygen atoms in total. The normalized spacial score (nSPS) is 18.3. The predicted molar refractivity (Wildman–Crippen MR) is 122 cm³/mol. The molecule has 2 aliphatic heterocycles. The summed E-state index contributed by atoms with van der Waals surface area (Å²) in [4.78, 5) is 37.5. The van der Waals surface area contributed by atoms with E-state index in [0.717, 1.165) is 61.7 Å². The third-order valence-corrected chi connectivity index (χ3v) is 6.10. The Balaban J connectivity index is 1.40. The largest absolute Gasteiger partial charge is 0.358 e. The van der Waals surface area contributed by atoms with Gasteiger partial charge in [-0.15, -0.1) is 0 Å². The van der Waals surface area contributed by atoms with E-state index in [1.165, 1.54) is 0 Å². The summed E-state index contributed by atoms with van der Waals surface area (Å²) in [5.41, 5.74) is 4.37. The average molecular weight is 423 g/mol. The topological polar surface area (TPSA) is 93.4 Å². The molecule has 0 aliphatic carbocycles. The maximum absolute atomic E-state index is 12.8. The van der Waals surface area contributed by atoms with Crippen LogP contribution in [0.1, 0.15) is 39.3 Å². The van der Waals surface area contributed by atoms with Crippen LogP contribution in [0.4, 0.5) is 5.82 Å². The zero-order chi connectivity index (χ0) is 22.0. The summed E-state index contributed by atoms with van der Waals surface area (Å²) in [5, 5.41) is 5.83. The quantitative estimate of drug-likeness (QED) is 0.488. The number of piperazine rings is 1. The van der Waals surface area contributed by atoms with Gasteiger partial charge in [-0.3, -0.25) is 9.59 Å². The molecule has 2 aromatic heterocycles. The van der Waals surface area contributed by atoms with E-state index in [1.54, 1.807) is 18.3 Å². The van der Waals surface area contributed by atoms with Crippen LogP contribution in [-0.2, 0) is 4.79 Å². The lowest BCUT2D eigenvalue weighted by Crippen LogP contribution is -2.45. The molecule has 0 spiro atoms. The van der Waals surface area contributed by atoms with E-state index in [-0.39, 0.29) is 11.8 Å². The second-order valence-corrected chi connectivity index (χ2v) is 8.33. The van der Waals surface area contributed by atoms with E-state index in [1.807, 2.05) is 19.9 Å². The highest BCUT2D eigenvalue weighted by Gasteiger charge is 2.26. The van der Waals surface area contributed by atoms with Gasteiger partial charge in [-0.05, 0) is 57.6 Å². The van der Waals surface area contributed by atoms with E-state index in [4.69, 9.17) is 0 Å². The van der Waals surface area contributed by atoms with Crippen LogP contribution in [0.5, 0.6) is 0 Å². The number of nitrogens with one attached hydrogen (secondary N) is 3. The van der Waals surface area contributed by atoms with Crippen LogP contribution in [0.25, 0.3) is 11.6 Å². The van der Waals surface area contributed by atoms with Gasteiger partial charge in [-0.1, -0.05) is 0 Å². The summed E-state index contributed by atoms with van der Waals surface area (Å²) < 4.78 is 0. The van der Waals surface area contributed by atoms with Crippen molar-refractivity contribution in [3.63, 3.8) is 0 Å². The molecule has 0 bridgehead atoms. The number of likely N-dealkylation sites (N-methyl/N-ethyl adjacent to an activating group) is 1. The molecule has 3 N–H and O–H groups in total. The highest BCUT2D eigenvalue weighted by atomic mass is 16.2. The molecule has 4 rings (SSSR count). The minimum atomic E-state index is -0.185. The summed E-state index contributed by atoms with van der Waals surface area (Å²) in [6.45, 7) is 9.82. The first kappa shape index (κ1) is 21.3. The third kappa shape index (κ3) is 4.55. The number of carbonyl (C=O) groups is 2. The Hall–Kier alpha value is -2.97. The number of aryl methyl sites for hydroxylation is 1. The first-order valence-electron chi connectivity index (χ1n) is 10.8. The summed E-state index contributed by atoms with van der Waals surface area (Å²) in [6, 6.07) is 3.67. The number of pyridine rings is 1. The molecule has 1 saturated heterocycles. The van der Waals surface area contributed by atoms with E-state index in [2.05, 4.69) is 37.4 Å². The van der Waals surface area contributed by atoms with Gasteiger partial charge >= 0.3 is 0 Å². The van der Waals surface area contributed by atoms with Crippen LogP contribution in [0.15, 0.2) is 18.3 Å². The van der Waals surface area contributed by atoms with Crippen molar-refractivity contribution in [2.45, 2.75) is 20.3 Å². The van der Waals surface area contributed by atoms with Crippen molar-refractivity contribution in [1.29, 1.82) is 0 Å². The summed E-state index contributed by atoms with van der Waals surface area (Å²) >= 11 is 0. The van der Waals surface area contributed by atoms with Crippen molar-refractivity contribution in [2.75, 3.05) is 51.6 Å². The zero-order valence-electron chi connectivity index (χ0n) is 18.4. The fraction of sp³-hybridized carbons (Fsp3) is 0.435. The molecule has 2 aliphatic rings. The molecule has 8 heteroatoms. The van der Waals surface area contributed by atoms with E-state index in [9.17, 15) is 9.59 Å². The molecular weight excluding hydrogens is 392 g/mol. The number of rotatable bonds is 6. The van der Waals surface area contributed by atoms with Crippen LogP contribution in [-0.4, -0.2) is 77.9 Å². The highest BCUT2D eigenvalue weighted by Crippen LogP contribution is 2.32. The Labute approximate surface area is 182 Å². The molecule has 31 heavy (non-hydrogen) atoms. The molecule has 2 amide bonds. The van der Waals surface area contributed by atoms with Crippen molar-refractivity contribution in [3.05, 3.63) is 46.4 Å². The standard InChI is InChI=1S/C23H30N6O2/c1-15-19(14-18-17-6-4-7-24-21(17)27-22(18)30)26-16(2)20(15)23(31)25-8-5-9-29-12-10-28(3)11-13-29/h4,6-7,14,26H,5,8-13H2,1-3H3,(H,25,31)(H,24,27,30). The monoisotopic (exact) mass is 422 g/mol. The summed E-state index contributed by atoms with van der Waals surface area (Å²) in [6.07, 6.45) is 4.38. The number of aromatic nitrogens is 2. The Morgan fingerprint density at radius 2 is 2.03 bits per heavy atom. The van der Waals surface area contributed by atoms with Gasteiger partial charge in [0.05, 0.1) is 11.1 Å². The van der Waals surface area contributed by atoms with Gasteiger partial charge in [0.15, 0.2) is 0 Å². The Morgan fingerprint density at radius 1 is 1.26 bits per heavy atom. The number of nitrogens with zero attached hydrogens (tertiary/aromatic N) is 3. The lowest BCUT2D eigenvalue weighted by Gasteiger charge is -2.32. The summed E-state index contributed by atoms with van der Waals surface area (Å²) in [7, 11) is 2.15. The predicted octanol–water partition coefficient (Wildman–Crippen LogP) is 1.89. The van der Waals surface area contributed by atoms with E-state index in [0.29, 0.717) is 23.5 Å². The lowest BCUT2D eigenvalue weighted by atomic mass is 10.0. The first-order chi connectivity index (χ1) is 14.9. The van der Waals surface area contributed by atoms with Crippen molar-refractivity contribution < 1.29 is 9.59 Å². The van der Waals surface area contributed by atoms with Gasteiger partial charge in [0.25, 0.3) is 11.8 Å². The van der Waals surface area contributed by atoms with Crippen LogP contribution in [0.3, 0.4) is 0 Å². The third-order valence-electron chi connectivity index (χ3n) is 6.10. The average Bonchev–Trinajstić information content (AvgIpc) is 3.22. The number of H-pyrrole nitrogens is 1. The molecule has 4 heterocycles. The first-order valence-corrected chi connectivity index (χ1v) is 10.8. The fourth-order valence-corrected chi connectivity index (χ4v) is 4.23. The van der Waals surface area contributed by atoms with Crippen LogP contribution in [0, 0.1) is 13.8 Å². The molecule has 0 saturated carbocycles. The molecule has 0 radical (unpaired) electrons. The molecule has 164 valence electrons. The molecular formula is C23H30N6O2. The number of hydrogen-bond donors (Lipinski definition) is 3. The highest BCUT2D eigenvalue weighted by molar-refractivity contribution is 6.34.